The van der Waals surface area contributed by atoms with E-state index in [0.717, 1.165) is 37.8 Å². The number of ether oxygens (including phenoxy) is 1. The highest BCUT2D eigenvalue weighted by atomic mass is 16.5. The Balaban J connectivity index is 1.54. The molecule has 0 radical (unpaired) electrons. The Morgan fingerprint density at radius 1 is 1.06 bits per heavy atom. The number of morpholine rings is 1. The molecule has 2 aliphatic carbocycles. The van der Waals surface area contributed by atoms with E-state index < -0.39 is 0 Å². The largest absolute Gasteiger partial charge is 0.379 e. The Labute approximate surface area is 98.3 Å². The summed E-state index contributed by atoms with van der Waals surface area (Å²) in [4.78, 5) is 0. The molecule has 3 fully saturated rings. The Morgan fingerprint density at radius 3 is 2.62 bits per heavy atom. The number of hydrogen-bond acceptors (Lipinski definition) is 3. The zero-order valence-electron chi connectivity index (χ0n) is 10.1. The highest BCUT2D eigenvalue weighted by Gasteiger charge is 2.36. The van der Waals surface area contributed by atoms with E-state index in [1.165, 1.54) is 38.5 Å². The van der Waals surface area contributed by atoms with Crippen LogP contribution in [0.1, 0.15) is 38.5 Å². The Morgan fingerprint density at radius 2 is 1.94 bits per heavy atom. The van der Waals surface area contributed by atoms with Gasteiger partial charge in [0, 0.05) is 24.7 Å². The molecule has 0 spiro atoms. The van der Waals surface area contributed by atoms with Gasteiger partial charge in [0.05, 0.1) is 13.2 Å². The molecule has 3 rings (SSSR count). The summed E-state index contributed by atoms with van der Waals surface area (Å²) in [6.45, 7) is 2.86. The topological polar surface area (TPSA) is 33.3 Å². The van der Waals surface area contributed by atoms with Crippen molar-refractivity contribution in [2.75, 3.05) is 19.8 Å². The van der Waals surface area contributed by atoms with Gasteiger partial charge in [0.2, 0.25) is 0 Å². The third-order valence-corrected chi connectivity index (χ3v) is 4.59. The molecule has 3 unspecified atom stereocenters. The van der Waals surface area contributed by atoms with E-state index in [1.54, 1.807) is 0 Å². The highest BCUT2D eigenvalue weighted by Crippen LogP contribution is 2.31. The van der Waals surface area contributed by atoms with E-state index in [9.17, 15) is 0 Å². The summed E-state index contributed by atoms with van der Waals surface area (Å²) in [7, 11) is 0. The maximum atomic E-state index is 5.60. The predicted molar refractivity (Wildman–Crippen MR) is 64.5 cm³/mol. The van der Waals surface area contributed by atoms with Gasteiger partial charge in [-0.3, -0.25) is 0 Å². The van der Waals surface area contributed by atoms with E-state index >= 15 is 0 Å². The average molecular weight is 224 g/mol. The quantitative estimate of drug-likeness (QED) is 0.758. The molecule has 0 bridgehead atoms. The van der Waals surface area contributed by atoms with Gasteiger partial charge < -0.3 is 15.4 Å². The molecule has 3 heteroatoms. The van der Waals surface area contributed by atoms with Crippen LogP contribution in [0.15, 0.2) is 0 Å². The Kier molecular flexibility index (Phi) is 3.46. The van der Waals surface area contributed by atoms with Crippen LogP contribution >= 0.6 is 0 Å². The Hall–Kier alpha value is -0.120. The molecule has 0 amide bonds. The third-order valence-electron chi connectivity index (χ3n) is 4.59. The monoisotopic (exact) mass is 224 g/mol. The lowest BCUT2D eigenvalue weighted by Gasteiger charge is -2.37. The molecule has 92 valence electrons. The van der Waals surface area contributed by atoms with Gasteiger partial charge in [-0.25, -0.2) is 0 Å². The first-order valence-electron chi connectivity index (χ1n) is 7.00. The predicted octanol–water partition coefficient (Wildman–Crippen LogP) is 1.29. The molecule has 16 heavy (non-hydrogen) atoms. The van der Waals surface area contributed by atoms with Gasteiger partial charge in [0.15, 0.2) is 0 Å². The minimum atomic E-state index is 0.605. The number of nitrogens with one attached hydrogen (secondary N) is 2. The standard InChI is InChI=1S/C13H24N2O/c1-3-10(4-1)15-12-6-2-5-11(12)13-9-16-8-7-14-13/h10-15H,1-9H2. The molecule has 1 heterocycles. The van der Waals surface area contributed by atoms with Crippen molar-refractivity contribution < 1.29 is 4.74 Å². The first kappa shape index (κ1) is 11.0. The van der Waals surface area contributed by atoms with Crippen LogP contribution in [-0.2, 0) is 4.74 Å². The van der Waals surface area contributed by atoms with Crippen LogP contribution in [0.25, 0.3) is 0 Å². The minimum absolute atomic E-state index is 0.605. The second-order valence-corrected chi connectivity index (χ2v) is 5.63. The van der Waals surface area contributed by atoms with Gasteiger partial charge in [-0.15, -0.1) is 0 Å². The summed E-state index contributed by atoms with van der Waals surface area (Å²) in [6, 6.07) is 2.19. The first-order chi connectivity index (χ1) is 7.93. The van der Waals surface area contributed by atoms with Crippen LogP contribution in [0.2, 0.25) is 0 Å². The van der Waals surface area contributed by atoms with Crippen molar-refractivity contribution >= 4 is 0 Å². The van der Waals surface area contributed by atoms with Gasteiger partial charge in [-0.2, -0.15) is 0 Å². The van der Waals surface area contributed by atoms with Crippen molar-refractivity contribution in [3.8, 4) is 0 Å². The van der Waals surface area contributed by atoms with Crippen LogP contribution in [0.5, 0.6) is 0 Å². The molecule has 0 aromatic heterocycles. The zero-order chi connectivity index (χ0) is 10.8. The van der Waals surface area contributed by atoms with E-state index in [1.807, 2.05) is 0 Å². The molecular weight excluding hydrogens is 200 g/mol. The minimum Gasteiger partial charge on any atom is -0.379 e. The molecule has 3 aliphatic rings. The molecule has 3 atom stereocenters. The normalized spacial score (nSPS) is 40.9. The van der Waals surface area contributed by atoms with Gasteiger partial charge in [0.1, 0.15) is 0 Å². The van der Waals surface area contributed by atoms with Crippen molar-refractivity contribution in [1.82, 2.24) is 10.6 Å². The zero-order valence-corrected chi connectivity index (χ0v) is 10.1. The maximum absolute atomic E-state index is 5.60. The van der Waals surface area contributed by atoms with Crippen LogP contribution in [0.3, 0.4) is 0 Å². The fourth-order valence-corrected chi connectivity index (χ4v) is 3.42. The van der Waals surface area contributed by atoms with Crippen LogP contribution in [0.4, 0.5) is 0 Å². The molecule has 1 aliphatic heterocycles. The second kappa shape index (κ2) is 5.03. The van der Waals surface area contributed by atoms with Crippen molar-refractivity contribution in [2.24, 2.45) is 5.92 Å². The summed E-state index contributed by atoms with van der Waals surface area (Å²) in [5, 5.41) is 7.50. The smallest absolute Gasteiger partial charge is 0.0623 e. The molecule has 1 saturated heterocycles. The Bertz CT molecular complexity index is 224. The summed E-state index contributed by atoms with van der Waals surface area (Å²) in [5.74, 6) is 0.806. The maximum Gasteiger partial charge on any atom is 0.0623 e. The molecule has 0 aromatic carbocycles. The van der Waals surface area contributed by atoms with Gasteiger partial charge >= 0.3 is 0 Å². The fourth-order valence-electron chi connectivity index (χ4n) is 3.42. The van der Waals surface area contributed by atoms with Crippen LogP contribution in [-0.4, -0.2) is 37.9 Å². The van der Waals surface area contributed by atoms with E-state index in [4.69, 9.17) is 4.74 Å². The second-order valence-electron chi connectivity index (χ2n) is 5.63. The van der Waals surface area contributed by atoms with Crippen molar-refractivity contribution in [1.29, 1.82) is 0 Å². The molecule has 2 saturated carbocycles. The summed E-state index contributed by atoms with van der Waals surface area (Å²) in [6.07, 6.45) is 8.38. The van der Waals surface area contributed by atoms with Gasteiger partial charge in [-0.1, -0.05) is 12.8 Å². The molecule has 0 aromatic rings. The highest BCUT2D eigenvalue weighted by molar-refractivity contribution is 4.94. The van der Waals surface area contributed by atoms with Crippen molar-refractivity contribution in [3.63, 3.8) is 0 Å². The summed E-state index contributed by atoms with van der Waals surface area (Å²) >= 11 is 0. The fraction of sp³-hybridized carbons (Fsp3) is 1.00. The van der Waals surface area contributed by atoms with Gasteiger partial charge in [-0.05, 0) is 31.6 Å². The summed E-state index contributed by atoms with van der Waals surface area (Å²) in [5.41, 5.74) is 0. The lowest BCUT2D eigenvalue weighted by Crippen LogP contribution is -2.53. The first-order valence-corrected chi connectivity index (χ1v) is 7.00. The lowest BCUT2D eigenvalue weighted by molar-refractivity contribution is 0.0507. The van der Waals surface area contributed by atoms with E-state index in [0.29, 0.717) is 6.04 Å². The number of rotatable bonds is 3. The third kappa shape index (κ3) is 2.27. The lowest BCUT2D eigenvalue weighted by atomic mass is 9.88. The van der Waals surface area contributed by atoms with Crippen LogP contribution < -0.4 is 10.6 Å². The summed E-state index contributed by atoms with van der Waals surface area (Å²) < 4.78 is 5.60. The molecular formula is C13H24N2O. The number of hydrogen-bond donors (Lipinski definition) is 2. The van der Waals surface area contributed by atoms with Gasteiger partial charge in [0.25, 0.3) is 0 Å². The van der Waals surface area contributed by atoms with E-state index in [-0.39, 0.29) is 0 Å². The van der Waals surface area contributed by atoms with Crippen LogP contribution in [0, 0.1) is 5.92 Å². The average Bonchev–Trinajstić information content (AvgIpc) is 2.73. The molecule has 2 N–H and O–H groups in total. The SMILES string of the molecule is C1CC(NC2CCCC2C2COCCN2)C1. The van der Waals surface area contributed by atoms with Crippen molar-refractivity contribution in [3.05, 3.63) is 0 Å². The van der Waals surface area contributed by atoms with E-state index in [2.05, 4.69) is 10.6 Å². The molecule has 3 nitrogen and oxygen atoms in total. The van der Waals surface area contributed by atoms with Crippen molar-refractivity contribution in [2.45, 2.75) is 56.7 Å².